The SMILES string of the molecule is CN(C)C(=O)N1C[C@H](NC(=O)N2CCC(n3c(=O)[nH]c4ncccc43)CC2)CC[C@@H](c2cccc(F)c2F)C1. The second-order valence-electron chi connectivity index (χ2n) is 10.5. The first kappa shape index (κ1) is 26.6. The molecule has 2 N–H and O–H groups in total. The number of amides is 4. The minimum Gasteiger partial charge on any atom is -0.333 e. The third-order valence-electron chi connectivity index (χ3n) is 7.75. The van der Waals surface area contributed by atoms with Crippen LogP contribution in [0.1, 0.15) is 43.2 Å². The highest BCUT2D eigenvalue weighted by atomic mass is 19.2. The number of carbonyl (C=O) groups excluding carboxylic acids is 2. The molecule has 12 heteroatoms. The zero-order valence-corrected chi connectivity index (χ0v) is 22.1. The number of fused-ring (bicyclic) bond motifs is 1. The van der Waals surface area contributed by atoms with Crippen LogP contribution in [0.15, 0.2) is 41.3 Å². The first-order valence-electron chi connectivity index (χ1n) is 13.2. The van der Waals surface area contributed by atoms with Gasteiger partial charge in [0.2, 0.25) is 0 Å². The molecule has 2 aromatic heterocycles. The molecule has 10 nitrogen and oxygen atoms in total. The number of likely N-dealkylation sites (tertiary alicyclic amines) is 2. The van der Waals surface area contributed by atoms with Crippen LogP contribution in [0.2, 0.25) is 0 Å². The lowest BCUT2D eigenvalue weighted by Gasteiger charge is -2.34. The second kappa shape index (κ2) is 11.0. The first-order chi connectivity index (χ1) is 18.7. The number of halogens is 2. The third-order valence-corrected chi connectivity index (χ3v) is 7.75. The molecular weight excluding hydrogens is 508 g/mol. The van der Waals surface area contributed by atoms with Gasteiger partial charge in [-0.15, -0.1) is 0 Å². The summed E-state index contributed by atoms with van der Waals surface area (Å²) in [4.78, 5) is 50.4. The number of imidazole rings is 1. The third kappa shape index (κ3) is 5.45. The van der Waals surface area contributed by atoms with Crippen molar-refractivity contribution in [1.29, 1.82) is 0 Å². The second-order valence-corrected chi connectivity index (χ2v) is 10.5. The van der Waals surface area contributed by atoms with E-state index in [0.717, 1.165) is 11.6 Å². The lowest BCUT2D eigenvalue weighted by Crippen LogP contribution is -2.52. The van der Waals surface area contributed by atoms with E-state index in [1.165, 1.54) is 11.0 Å². The summed E-state index contributed by atoms with van der Waals surface area (Å²) in [5.41, 5.74) is 1.33. The summed E-state index contributed by atoms with van der Waals surface area (Å²) in [6.45, 7) is 1.44. The van der Waals surface area contributed by atoms with Gasteiger partial charge in [0.05, 0.1) is 5.52 Å². The molecule has 1 aromatic carbocycles. The smallest absolute Gasteiger partial charge is 0.327 e. The van der Waals surface area contributed by atoms with Crippen LogP contribution < -0.4 is 11.0 Å². The fourth-order valence-corrected chi connectivity index (χ4v) is 5.75. The van der Waals surface area contributed by atoms with E-state index in [1.807, 2.05) is 6.07 Å². The lowest BCUT2D eigenvalue weighted by atomic mass is 9.93. The number of pyridine rings is 1. The molecule has 2 atom stereocenters. The van der Waals surface area contributed by atoms with Crippen LogP contribution in [0.25, 0.3) is 11.2 Å². The molecule has 3 aromatic rings. The van der Waals surface area contributed by atoms with E-state index in [2.05, 4.69) is 15.3 Å². The van der Waals surface area contributed by atoms with Gasteiger partial charge in [-0.1, -0.05) is 12.1 Å². The van der Waals surface area contributed by atoms with Crippen LogP contribution in [0.5, 0.6) is 0 Å². The summed E-state index contributed by atoms with van der Waals surface area (Å²) < 4.78 is 30.3. The monoisotopic (exact) mass is 541 g/mol. The molecule has 39 heavy (non-hydrogen) atoms. The largest absolute Gasteiger partial charge is 0.333 e. The van der Waals surface area contributed by atoms with Crippen molar-refractivity contribution in [3.05, 3.63) is 64.2 Å². The van der Waals surface area contributed by atoms with Crippen LogP contribution in [0.4, 0.5) is 18.4 Å². The van der Waals surface area contributed by atoms with Crippen LogP contribution >= 0.6 is 0 Å². The van der Waals surface area contributed by atoms with E-state index < -0.39 is 17.6 Å². The number of hydrogen-bond donors (Lipinski definition) is 2. The number of urea groups is 2. The molecule has 2 fully saturated rings. The van der Waals surface area contributed by atoms with E-state index in [-0.39, 0.29) is 48.5 Å². The maximum Gasteiger partial charge on any atom is 0.327 e. The Labute approximate surface area is 224 Å². The van der Waals surface area contributed by atoms with Gasteiger partial charge in [0.15, 0.2) is 17.3 Å². The van der Waals surface area contributed by atoms with E-state index in [0.29, 0.717) is 44.4 Å². The molecule has 208 valence electrons. The van der Waals surface area contributed by atoms with Gasteiger partial charge < -0.3 is 20.0 Å². The Hall–Kier alpha value is -3.96. The number of benzene rings is 1. The van der Waals surface area contributed by atoms with Gasteiger partial charge >= 0.3 is 17.8 Å². The number of nitrogens with zero attached hydrogens (tertiary/aromatic N) is 5. The van der Waals surface area contributed by atoms with Crippen molar-refractivity contribution < 1.29 is 18.4 Å². The van der Waals surface area contributed by atoms with Crippen molar-refractivity contribution in [2.75, 3.05) is 40.3 Å². The van der Waals surface area contributed by atoms with Gasteiger partial charge in [-0.05, 0) is 49.4 Å². The molecule has 2 aliphatic rings. The average Bonchev–Trinajstić information content (AvgIpc) is 3.12. The van der Waals surface area contributed by atoms with Crippen molar-refractivity contribution in [1.82, 2.24) is 34.6 Å². The van der Waals surface area contributed by atoms with Gasteiger partial charge in [0.1, 0.15) is 0 Å². The summed E-state index contributed by atoms with van der Waals surface area (Å²) in [6.07, 6.45) is 3.87. The quantitative estimate of drug-likeness (QED) is 0.531. The Morgan fingerprint density at radius 3 is 2.54 bits per heavy atom. The molecule has 2 saturated heterocycles. The zero-order valence-electron chi connectivity index (χ0n) is 22.1. The van der Waals surface area contributed by atoms with E-state index >= 15 is 0 Å². The van der Waals surface area contributed by atoms with Gasteiger partial charge in [-0.25, -0.2) is 28.1 Å². The summed E-state index contributed by atoms with van der Waals surface area (Å²) >= 11 is 0. The van der Waals surface area contributed by atoms with E-state index in [9.17, 15) is 23.2 Å². The van der Waals surface area contributed by atoms with E-state index in [4.69, 9.17) is 0 Å². The van der Waals surface area contributed by atoms with Gasteiger partial charge in [0.25, 0.3) is 0 Å². The Morgan fingerprint density at radius 2 is 1.79 bits per heavy atom. The number of piperidine rings is 1. The molecule has 4 amide bonds. The standard InChI is InChI=1S/C27H33F2N7O3/c1-33(2)27(39)35-15-17(20-5-3-6-21(28)23(20)29)8-9-18(16-35)31-25(37)34-13-10-19(11-14-34)36-22-7-4-12-30-24(22)32-26(36)38/h3-7,12,17-19H,8-11,13-16H2,1-2H3,(H,31,37)(H,30,32,38)/t17-,18-/m1/s1. The van der Waals surface area contributed by atoms with Crippen LogP contribution in [-0.4, -0.2) is 87.6 Å². The summed E-state index contributed by atoms with van der Waals surface area (Å²) in [5.74, 6) is -2.21. The molecule has 2 aliphatic heterocycles. The molecule has 4 heterocycles. The Bertz CT molecular complexity index is 1410. The van der Waals surface area contributed by atoms with Crippen LogP contribution in [-0.2, 0) is 0 Å². The van der Waals surface area contributed by atoms with Crippen molar-refractivity contribution >= 4 is 23.2 Å². The van der Waals surface area contributed by atoms with Crippen molar-refractivity contribution in [3.8, 4) is 0 Å². The topological polar surface area (TPSA) is 107 Å². The fraction of sp³-hybridized carbons (Fsp3) is 0.481. The number of carbonyl (C=O) groups is 2. The molecule has 0 spiro atoms. The van der Waals surface area contributed by atoms with Gasteiger partial charge in [0, 0.05) is 64.5 Å². The summed E-state index contributed by atoms with van der Waals surface area (Å²) in [7, 11) is 3.27. The highest BCUT2D eigenvalue weighted by molar-refractivity contribution is 5.76. The average molecular weight is 542 g/mol. The van der Waals surface area contributed by atoms with Crippen molar-refractivity contribution in [2.45, 2.75) is 43.7 Å². The summed E-state index contributed by atoms with van der Waals surface area (Å²) in [6, 6.07) is 6.87. The molecule has 0 saturated carbocycles. The number of hydrogen-bond acceptors (Lipinski definition) is 4. The molecular formula is C27H33F2N7O3. The molecule has 0 aliphatic carbocycles. The number of H-pyrrole nitrogens is 1. The normalized spacial score (nSPS) is 20.6. The number of nitrogens with one attached hydrogen (secondary N) is 2. The predicted molar refractivity (Wildman–Crippen MR) is 142 cm³/mol. The highest BCUT2D eigenvalue weighted by Gasteiger charge is 2.33. The maximum absolute atomic E-state index is 14.6. The predicted octanol–water partition coefficient (Wildman–Crippen LogP) is 3.28. The lowest BCUT2D eigenvalue weighted by molar-refractivity contribution is 0.156. The number of rotatable bonds is 3. The fourth-order valence-electron chi connectivity index (χ4n) is 5.75. The zero-order chi connectivity index (χ0) is 27.7. The first-order valence-corrected chi connectivity index (χ1v) is 13.2. The molecule has 0 unspecified atom stereocenters. The Kier molecular flexibility index (Phi) is 7.53. The minimum absolute atomic E-state index is 0.0486. The number of aromatic nitrogens is 3. The Morgan fingerprint density at radius 1 is 1.03 bits per heavy atom. The minimum atomic E-state index is -0.915. The molecule has 5 rings (SSSR count). The Balaban J connectivity index is 1.25. The van der Waals surface area contributed by atoms with Crippen LogP contribution in [0, 0.1) is 11.6 Å². The van der Waals surface area contributed by atoms with Crippen molar-refractivity contribution in [3.63, 3.8) is 0 Å². The highest BCUT2D eigenvalue weighted by Crippen LogP contribution is 2.30. The van der Waals surface area contributed by atoms with Gasteiger partial charge in [-0.3, -0.25) is 9.55 Å². The molecule has 0 radical (unpaired) electrons. The van der Waals surface area contributed by atoms with Crippen LogP contribution in [0.3, 0.4) is 0 Å². The maximum atomic E-state index is 14.6. The van der Waals surface area contributed by atoms with E-state index in [1.54, 1.807) is 46.8 Å². The van der Waals surface area contributed by atoms with Gasteiger partial charge in [-0.2, -0.15) is 0 Å². The van der Waals surface area contributed by atoms with Crippen molar-refractivity contribution in [2.24, 2.45) is 0 Å². The summed E-state index contributed by atoms with van der Waals surface area (Å²) in [5, 5.41) is 3.06. The molecule has 0 bridgehead atoms. The number of aromatic amines is 1.